The summed E-state index contributed by atoms with van der Waals surface area (Å²) in [6.45, 7) is 6.19. The van der Waals surface area contributed by atoms with E-state index in [1.807, 2.05) is 20.8 Å². The second-order valence-electron chi connectivity index (χ2n) is 7.53. The summed E-state index contributed by atoms with van der Waals surface area (Å²) >= 11 is 0. The van der Waals surface area contributed by atoms with Gasteiger partial charge in [-0.05, 0) is 26.0 Å². The molecule has 2 atom stereocenters. The molecule has 0 unspecified atom stereocenters. The van der Waals surface area contributed by atoms with Crippen molar-refractivity contribution in [2.24, 2.45) is 7.05 Å². The van der Waals surface area contributed by atoms with Gasteiger partial charge >= 0.3 is 6.18 Å². The van der Waals surface area contributed by atoms with Crippen molar-refractivity contribution in [1.29, 1.82) is 0 Å². The Hall–Kier alpha value is -1.57. The molecule has 0 aliphatic carbocycles. The van der Waals surface area contributed by atoms with Crippen LogP contribution in [0.15, 0.2) is 6.07 Å². The van der Waals surface area contributed by atoms with Crippen LogP contribution in [-0.4, -0.2) is 52.4 Å². The lowest BCUT2D eigenvalue weighted by molar-refractivity contribution is -0.188. The molecule has 0 spiro atoms. The summed E-state index contributed by atoms with van der Waals surface area (Å²) < 4.78 is 40.1. The molecule has 1 N–H and O–H groups in total. The number of likely N-dealkylation sites (tertiary alicyclic amines) is 1. The number of likely N-dealkylation sites (N-methyl/N-ethyl adjacent to an activating group) is 1. The molecule has 1 aromatic rings. The number of aryl methyl sites for hydroxylation is 1. The van der Waals surface area contributed by atoms with Crippen LogP contribution in [0.25, 0.3) is 0 Å². The number of piperidine rings is 1. The van der Waals surface area contributed by atoms with Crippen LogP contribution in [0.3, 0.4) is 0 Å². The molecule has 1 aromatic heterocycles. The number of rotatable bonds is 2. The molecular formula is C16H25F3N4O. The van der Waals surface area contributed by atoms with Gasteiger partial charge in [-0.2, -0.15) is 18.3 Å². The number of halogens is 3. The van der Waals surface area contributed by atoms with Crippen LogP contribution in [0.2, 0.25) is 0 Å². The molecule has 136 valence electrons. The number of alkyl halides is 3. The third-order valence-corrected chi connectivity index (χ3v) is 4.42. The lowest BCUT2D eigenvalue weighted by Crippen LogP contribution is -2.54. The molecule has 8 heteroatoms. The van der Waals surface area contributed by atoms with Crippen LogP contribution < -0.4 is 5.32 Å². The lowest BCUT2D eigenvalue weighted by atomic mass is 9.92. The van der Waals surface area contributed by atoms with Gasteiger partial charge in [0.15, 0.2) is 0 Å². The van der Waals surface area contributed by atoms with Gasteiger partial charge in [0, 0.05) is 25.0 Å². The van der Waals surface area contributed by atoms with Gasteiger partial charge in [0.1, 0.15) is 11.7 Å². The zero-order valence-electron chi connectivity index (χ0n) is 14.7. The molecule has 0 saturated carbocycles. The van der Waals surface area contributed by atoms with E-state index in [-0.39, 0.29) is 30.3 Å². The number of hydrogen-bond acceptors (Lipinski definition) is 3. The molecule has 1 amide bonds. The van der Waals surface area contributed by atoms with Gasteiger partial charge < -0.3 is 5.32 Å². The second-order valence-corrected chi connectivity index (χ2v) is 7.53. The molecule has 1 aliphatic heterocycles. The normalized spacial score (nSPS) is 23.3. The fourth-order valence-corrected chi connectivity index (χ4v) is 2.98. The first kappa shape index (κ1) is 18.8. The zero-order chi connectivity index (χ0) is 18.3. The largest absolute Gasteiger partial charge is 0.404 e. The Morgan fingerprint density at radius 3 is 2.33 bits per heavy atom. The van der Waals surface area contributed by atoms with Gasteiger partial charge in [0.2, 0.25) is 0 Å². The van der Waals surface area contributed by atoms with E-state index in [2.05, 4.69) is 10.4 Å². The molecule has 0 aromatic carbocycles. The molecule has 2 heterocycles. The number of aromatic nitrogens is 2. The summed E-state index contributed by atoms with van der Waals surface area (Å²) in [5, 5.41) is 7.19. The Morgan fingerprint density at radius 2 is 1.88 bits per heavy atom. The lowest BCUT2D eigenvalue weighted by Gasteiger charge is -2.38. The van der Waals surface area contributed by atoms with Crippen molar-refractivity contribution in [3.05, 3.63) is 17.5 Å². The molecule has 0 bridgehead atoms. The average molecular weight is 346 g/mol. The minimum Gasteiger partial charge on any atom is -0.347 e. The summed E-state index contributed by atoms with van der Waals surface area (Å²) in [6, 6.07) is 0.00403. The first-order valence-corrected chi connectivity index (χ1v) is 8.02. The van der Waals surface area contributed by atoms with Crippen molar-refractivity contribution in [3.63, 3.8) is 0 Å². The topological polar surface area (TPSA) is 50.2 Å². The second kappa shape index (κ2) is 6.38. The van der Waals surface area contributed by atoms with E-state index >= 15 is 0 Å². The number of carbonyl (C=O) groups is 1. The fraction of sp³-hybridized carbons (Fsp3) is 0.750. The van der Waals surface area contributed by atoms with Gasteiger partial charge in [-0.3, -0.25) is 14.4 Å². The van der Waals surface area contributed by atoms with Crippen molar-refractivity contribution in [1.82, 2.24) is 20.0 Å². The molecule has 1 saturated heterocycles. The standard InChI is InChI=1S/C16H25F3N4O/c1-15(2,3)12-8-11(23(5)21-12)14(24)20-10-6-7-13(16(17,18)19)22(4)9-10/h8,10,13H,6-7,9H2,1-5H3,(H,20,24)/t10-,13+/m0/s1. The van der Waals surface area contributed by atoms with Crippen molar-refractivity contribution < 1.29 is 18.0 Å². The highest BCUT2D eigenvalue weighted by Crippen LogP contribution is 2.31. The monoisotopic (exact) mass is 346 g/mol. The number of amides is 1. The summed E-state index contributed by atoms with van der Waals surface area (Å²) in [5.74, 6) is -0.302. The van der Waals surface area contributed by atoms with E-state index in [1.165, 1.54) is 16.6 Å². The van der Waals surface area contributed by atoms with Crippen LogP contribution >= 0.6 is 0 Å². The summed E-state index contributed by atoms with van der Waals surface area (Å²) in [5.41, 5.74) is 1.04. The van der Waals surface area contributed by atoms with Gasteiger partial charge in [0.05, 0.1) is 5.69 Å². The average Bonchev–Trinajstić information content (AvgIpc) is 2.79. The van der Waals surface area contributed by atoms with E-state index in [0.717, 1.165) is 5.69 Å². The maximum absolute atomic E-state index is 12.9. The van der Waals surface area contributed by atoms with E-state index < -0.39 is 12.2 Å². The van der Waals surface area contributed by atoms with Crippen LogP contribution in [-0.2, 0) is 12.5 Å². The van der Waals surface area contributed by atoms with Gasteiger partial charge in [0.25, 0.3) is 5.91 Å². The van der Waals surface area contributed by atoms with E-state index in [9.17, 15) is 18.0 Å². The molecule has 5 nitrogen and oxygen atoms in total. The third-order valence-electron chi connectivity index (χ3n) is 4.42. The molecule has 1 fully saturated rings. The van der Waals surface area contributed by atoms with Crippen molar-refractivity contribution in [3.8, 4) is 0 Å². The highest BCUT2D eigenvalue weighted by atomic mass is 19.4. The maximum atomic E-state index is 12.9. The van der Waals surface area contributed by atoms with Crippen molar-refractivity contribution >= 4 is 5.91 Å². The van der Waals surface area contributed by atoms with E-state index in [0.29, 0.717) is 12.1 Å². The van der Waals surface area contributed by atoms with Crippen LogP contribution in [0, 0.1) is 0 Å². The molecule has 1 aliphatic rings. The molecule has 2 rings (SSSR count). The first-order valence-electron chi connectivity index (χ1n) is 8.02. The Kier molecular flexibility index (Phi) is 4.99. The Balaban J connectivity index is 2.03. The Morgan fingerprint density at radius 1 is 1.25 bits per heavy atom. The Labute approximate surface area is 140 Å². The van der Waals surface area contributed by atoms with Crippen LogP contribution in [0.4, 0.5) is 13.2 Å². The smallest absolute Gasteiger partial charge is 0.347 e. The van der Waals surface area contributed by atoms with E-state index in [4.69, 9.17) is 0 Å². The SMILES string of the molecule is CN1C[C@@H](NC(=O)c2cc(C(C)(C)C)nn2C)CC[C@@H]1C(F)(F)F. The summed E-state index contributed by atoms with van der Waals surface area (Å²) in [4.78, 5) is 13.7. The van der Waals surface area contributed by atoms with Gasteiger partial charge in [-0.15, -0.1) is 0 Å². The van der Waals surface area contributed by atoms with Crippen molar-refractivity contribution in [2.75, 3.05) is 13.6 Å². The zero-order valence-corrected chi connectivity index (χ0v) is 14.7. The number of nitrogens with one attached hydrogen (secondary N) is 1. The van der Waals surface area contributed by atoms with Gasteiger partial charge in [-0.25, -0.2) is 0 Å². The quantitative estimate of drug-likeness (QED) is 0.895. The highest BCUT2D eigenvalue weighted by Gasteiger charge is 2.45. The predicted molar refractivity (Wildman–Crippen MR) is 84.9 cm³/mol. The summed E-state index contributed by atoms with van der Waals surface area (Å²) in [7, 11) is 3.13. The highest BCUT2D eigenvalue weighted by molar-refractivity contribution is 5.92. The van der Waals surface area contributed by atoms with Crippen LogP contribution in [0.5, 0.6) is 0 Å². The number of carbonyl (C=O) groups excluding carboxylic acids is 1. The van der Waals surface area contributed by atoms with Crippen LogP contribution in [0.1, 0.15) is 49.8 Å². The predicted octanol–water partition coefficient (Wildman–Crippen LogP) is 2.47. The maximum Gasteiger partial charge on any atom is 0.404 e. The fourth-order valence-electron chi connectivity index (χ4n) is 2.98. The summed E-state index contributed by atoms with van der Waals surface area (Å²) in [6.07, 6.45) is -3.93. The molecular weight excluding hydrogens is 321 g/mol. The first-order chi connectivity index (χ1) is 10.9. The van der Waals surface area contributed by atoms with Gasteiger partial charge in [-0.1, -0.05) is 20.8 Å². The number of hydrogen-bond donors (Lipinski definition) is 1. The number of nitrogens with zero attached hydrogens (tertiary/aromatic N) is 3. The molecule has 24 heavy (non-hydrogen) atoms. The van der Waals surface area contributed by atoms with E-state index in [1.54, 1.807) is 13.1 Å². The van der Waals surface area contributed by atoms with Crippen molar-refractivity contribution in [2.45, 2.75) is 57.3 Å². The minimum atomic E-state index is -4.23. The third kappa shape index (κ3) is 4.09. The Bertz CT molecular complexity index is 603. The molecule has 0 radical (unpaired) electrons. The minimum absolute atomic E-state index is 0.0103.